The van der Waals surface area contributed by atoms with Crippen LogP contribution < -0.4 is 5.46 Å². The van der Waals surface area contributed by atoms with Crippen molar-refractivity contribution in [2.24, 2.45) is 0 Å². The summed E-state index contributed by atoms with van der Waals surface area (Å²) in [6.45, 7) is 13.7. The number of hydrogen-bond donors (Lipinski definition) is 0. The van der Waals surface area contributed by atoms with Crippen LogP contribution >= 0.6 is 0 Å². The van der Waals surface area contributed by atoms with Gasteiger partial charge in [0.05, 0.1) is 11.2 Å². The third kappa shape index (κ3) is 2.70. The largest absolute Gasteiger partial charge is 0.494 e. The number of likely N-dealkylation sites (tertiary alicyclic amines) is 1. The Balaban J connectivity index is 1.73. The van der Waals surface area contributed by atoms with Crippen molar-refractivity contribution in [3.05, 3.63) is 29.8 Å². The van der Waals surface area contributed by atoms with Gasteiger partial charge in [0.2, 0.25) is 5.91 Å². The Morgan fingerprint density at radius 3 is 1.91 bits per heavy atom. The highest BCUT2D eigenvalue weighted by atomic mass is 16.7. The van der Waals surface area contributed by atoms with Crippen LogP contribution in [0.15, 0.2) is 24.3 Å². The normalized spacial score (nSPS) is 24.4. The van der Waals surface area contributed by atoms with E-state index in [4.69, 9.17) is 9.31 Å². The van der Waals surface area contributed by atoms with Crippen molar-refractivity contribution < 1.29 is 14.1 Å². The molecule has 0 unspecified atom stereocenters. The maximum absolute atomic E-state index is 11.4. The van der Waals surface area contributed by atoms with Crippen LogP contribution in [0.2, 0.25) is 0 Å². The molecule has 1 aromatic rings. The van der Waals surface area contributed by atoms with Gasteiger partial charge in [-0.2, -0.15) is 0 Å². The zero-order valence-corrected chi connectivity index (χ0v) is 15.0. The molecular weight excluding hydrogens is 289 g/mol. The molecule has 2 fully saturated rings. The molecule has 1 amide bonds. The molecule has 3 rings (SSSR count). The van der Waals surface area contributed by atoms with Crippen LogP contribution in [0.4, 0.5) is 0 Å². The fourth-order valence-corrected chi connectivity index (χ4v) is 3.22. The lowest BCUT2D eigenvalue weighted by Crippen LogP contribution is -2.59. The first-order valence-corrected chi connectivity index (χ1v) is 8.26. The molecular formula is C18H26BNO3. The van der Waals surface area contributed by atoms with Crippen LogP contribution in [0, 0.1) is 0 Å². The fraction of sp³-hybridized carbons (Fsp3) is 0.611. The molecule has 0 aromatic heterocycles. The second-order valence-electron chi connectivity index (χ2n) is 8.15. The number of benzene rings is 1. The van der Waals surface area contributed by atoms with Crippen LogP contribution in [0.25, 0.3) is 0 Å². The number of carbonyl (C=O) groups excluding carboxylic acids is 1. The van der Waals surface area contributed by atoms with E-state index in [0.717, 1.165) is 18.6 Å². The lowest BCUT2D eigenvalue weighted by molar-refractivity contribution is -0.136. The summed E-state index contributed by atoms with van der Waals surface area (Å²) in [7, 11) is -0.322. The molecule has 0 saturated carbocycles. The Bertz CT molecular complexity index is 602. The molecule has 124 valence electrons. The Morgan fingerprint density at radius 1 is 1.00 bits per heavy atom. The zero-order valence-electron chi connectivity index (χ0n) is 15.0. The van der Waals surface area contributed by atoms with E-state index in [1.54, 1.807) is 6.92 Å². The Kier molecular flexibility index (Phi) is 3.65. The Labute approximate surface area is 139 Å². The zero-order chi connectivity index (χ0) is 17.0. The summed E-state index contributed by atoms with van der Waals surface area (Å²) in [5, 5.41) is 0. The van der Waals surface area contributed by atoms with E-state index in [1.807, 2.05) is 4.90 Å². The number of amides is 1. The van der Waals surface area contributed by atoms with Gasteiger partial charge in [0, 0.05) is 25.4 Å². The first-order chi connectivity index (χ1) is 10.5. The summed E-state index contributed by atoms with van der Waals surface area (Å²) in [4.78, 5) is 13.3. The summed E-state index contributed by atoms with van der Waals surface area (Å²) in [5.74, 6) is 0.149. The van der Waals surface area contributed by atoms with E-state index in [1.165, 1.54) is 5.56 Å². The molecule has 2 aliphatic heterocycles. The van der Waals surface area contributed by atoms with Gasteiger partial charge in [0.25, 0.3) is 0 Å². The Hall–Kier alpha value is -1.33. The number of carbonyl (C=O) groups is 1. The van der Waals surface area contributed by atoms with Gasteiger partial charge in [-0.05, 0) is 38.7 Å². The molecule has 1 aromatic carbocycles. The maximum atomic E-state index is 11.4. The molecule has 2 saturated heterocycles. The van der Waals surface area contributed by atoms with Gasteiger partial charge in [-0.1, -0.05) is 31.2 Å². The van der Waals surface area contributed by atoms with Gasteiger partial charge in [-0.15, -0.1) is 0 Å². The van der Waals surface area contributed by atoms with E-state index in [0.29, 0.717) is 0 Å². The van der Waals surface area contributed by atoms with Crippen molar-refractivity contribution >= 4 is 18.5 Å². The molecule has 0 aliphatic carbocycles. The smallest absolute Gasteiger partial charge is 0.399 e. The van der Waals surface area contributed by atoms with Gasteiger partial charge < -0.3 is 14.2 Å². The van der Waals surface area contributed by atoms with E-state index in [2.05, 4.69) is 58.9 Å². The SMILES string of the molecule is CC(=O)N1CC(C)(c2ccc(B3OC(C)(C)C(C)(C)O3)cc2)C1. The number of rotatable bonds is 2. The first kappa shape index (κ1) is 16.5. The van der Waals surface area contributed by atoms with Crippen molar-refractivity contribution in [1.29, 1.82) is 0 Å². The van der Waals surface area contributed by atoms with Crippen LogP contribution in [-0.2, 0) is 19.5 Å². The minimum Gasteiger partial charge on any atom is -0.399 e. The molecule has 5 heteroatoms. The van der Waals surface area contributed by atoms with Crippen molar-refractivity contribution in [3.63, 3.8) is 0 Å². The lowest BCUT2D eigenvalue weighted by atomic mass is 9.73. The quantitative estimate of drug-likeness (QED) is 0.785. The van der Waals surface area contributed by atoms with E-state index in [-0.39, 0.29) is 29.6 Å². The molecule has 0 N–H and O–H groups in total. The van der Waals surface area contributed by atoms with Crippen molar-refractivity contribution in [1.82, 2.24) is 4.90 Å². The van der Waals surface area contributed by atoms with Gasteiger partial charge in [-0.3, -0.25) is 4.79 Å². The minimum atomic E-state index is -0.322. The lowest BCUT2D eigenvalue weighted by Gasteiger charge is -2.48. The fourth-order valence-electron chi connectivity index (χ4n) is 3.22. The van der Waals surface area contributed by atoms with Gasteiger partial charge in [0.1, 0.15) is 0 Å². The van der Waals surface area contributed by atoms with Crippen molar-refractivity contribution in [3.8, 4) is 0 Å². The van der Waals surface area contributed by atoms with Crippen molar-refractivity contribution in [2.45, 2.75) is 58.2 Å². The summed E-state index contributed by atoms with van der Waals surface area (Å²) >= 11 is 0. The topological polar surface area (TPSA) is 38.8 Å². The van der Waals surface area contributed by atoms with Crippen LogP contribution in [-0.4, -0.2) is 42.2 Å². The third-order valence-corrected chi connectivity index (χ3v) is 5.66. The van der Waals surface area contributed by atoms with E-state index in [9.17, 15) is 4.79 Å². The summed E-state index contributed by atoms with van der Waals surface area (Å²) in [5.41, 5.74) is 1.71. The van der Waals surface area contributed by atoms with Crippen LogP contribution in [0.3, 0.4) is 0 Å². The molecule has 0 spiro atoms. The molecule has 0 radical (unpaired) electrons. The maximum Gasteiger partial charge on any atom is 0.494 e. The molecule has 0 atom stereocenters. The second-order valence-corrected chi connectivity index (χ2v) is 8.15. The predicted octanol–water partition coefficient (Wildman–Crippen LogP) is 2.11. The predicted molar refractivity (Wildman–Crippen MR) is 91.8 cm³/mol. The highest BCUT2D eigenvalue weighted by Gasteiger charge is 2.51. The second kappa shape index (κ2) is 5.08. The summed E-state index contributed by atoms with van der Waals surface area (Å²) in [6.07, 6.45) is 0. The highest BCUT2D eigenvalue weighted by molar-refractivity contribution is 6.62. The Morgan fingerprint density at radius 2 is 1.48 bits per heavy atom. The monoisotopic (exact) mass is 315 g/mol. The highest BCUT2D eigenvalue weighted by Crippen LogP contribution is 2.37. The van der Waals surface area contributed by atoms with E-state index < -0.39 is 0 Å². The standard InChI is InChI=1S/C18H26BNO3/c1-13(21)20-11-18(6,12-20)14-7-9-15(10-8-14)19-22-16(2,3)17(4,5)23-19/h7-10H,11-12H2,1-6H3. The van der Waals surface area contributed by atoms with Crippen molar-refractivity contribution in [2.75, 3.05) is 13.1 Å². The number of nitrogens with zero attached hydrogens (tertiary/aromatic N) is 1. The summed E-state index contributed by atoms with van der Waals surface area (Å²) < 4.78 is 12.2. The average molecular weight is 315 g/mol. The molecule has 23 heavy (non-hydrogen) atoms. The first-order valence-electron chi connectivity index (χ1n) is 8.26. The van der Waals surface area contributed by atoms with Gasteiger partial charge in [-0.25, -0.2) is 0 Å². The van der Waals surface area contributed by atoms with Gasteiger partial charge in [0.15, 0.2) is 0 Å². The van der Waals surface area contributed by atoms with Gasteiger partial charge >= 0.3 is 7.12 Å². The molecule has 0 bridgehead atoms. The third-order valence-electron chi connectivity index (χ3n) is 5.66. The molecule has 2 aliphatic rings. The molecule has 2 heterocycles. The van der Waals surface area contributed by atoms with E-state index >= 15 is 0 Å². The number of hydrogen-bond acceptors (Lipinski definition) is 3. The van der Waals surface area contributed by atoms with Crippen LogP contribution in [0.5, 0.6) is 0 Å². The average Bonchev–Trinajstić information content (AvgIpc) is 2.64. The molecule has 4 nitrogen and oxygen atoms in total. The van der Waals surface area contributed by atoms with Crippen LogP contribution in [0.1, 0.15) is 47.1 Å². The summed E-state index contributed by atoms with van der Waals surface area (Å²) in [6, 6.07) is 8.44. The minimum absolute atomic E-state index is 0.0557.